The quantitative estimate of drug-likeness (QED) is 0.868. The predicted molar refractivity (Wildman–Crippen MR) is 83.5 cm³/mol. The van der Waals surface area contributed by atoms with Crippen LogP contribution in [0.3, 0.4) is 0 Å². The smallest absolute Gasteiger partial charge is 0.266 e. The highest BCUT2D eigenvalue weighted by Gasteiger charge is 2.06. The standard InChI is InChI=1S/C14H13Cl2N3O3/c15-10-3-4-12(11(16)8-10)22-9-13(20)17-6-7-19-14(21)2-1-5-18-19/h1-5,8H,6-7,9H2,(H,17,20). The number of ether oxygens (including phenoxy) is 1. The van der Waals surface area contributed by atoms with Crippen LogP contribution < -0.4 is 15.6 Å². The zero-order valence-corrected chi connectivity index (χ0v) is 13.0. The molecule has 0 aliphatic heterocycles. The summed E-state index contributed by atoms with van der Waals surface area (Å²) in [7, 11) is 0. The molecule has 1 aromatic heterocycles. The van der Waals surface area contributed by atoms with E-state index in [0.717, 1.165) is 0 Å². The third-order valence-electron chi connectivity index (χ3n) is 2.68. The molecule has 8 heteroatoms. The van der Waals surface area contributed by atoms with Crippen molar-refractivity contribution >= 4 is 29.1 Å². The summed E-state index contributed by atoms with van der Waals surface area (Å²) < 4.78 is 6.55. The second-order valence-corrected chi connectivity index (χ2v) is 5.14. The van der Waals surface area contributed by atoms with Crippen LogP contribution in [0.1, 0.15) is 0 Å². The lowest BCUT2D eigenvalue weighted by molar-refractivity contribution is -0.123. The fraction of sp³-hybridized carbons (Fsp3) is 0.214. The van der Waals surface area contributed by atoms with E-state index in [0.29, 0.717) is 15.8 Å². The molecule has 1 heterocycles. The van der Waals surface area contributed by atoms with Crippen LogP contribution in [0.2, 0.25) is 10.0 Å². The van der Waals surface area contributed by atoms with Crippen molar-refractivity contribution in [3.63, 3.8) is 0 Å². The van der Waals surface area contributed by atoms with E-state index < -0.39 is 0 Å². The summed E-state index contributed by atoms with van der Waals surface area (Å²) in [4.78, 5) is 23.1. The van der Waals surface area contributed by atoms with Crippen molar-refractivity contribution in [3.05, 3.63) is 56.9 Å². The molecule has 0 radical (unpaired) electrons. The summed E-state index contributed by atoms with van der Waals surface area (Å²) in [6.45, 7) is 0.374. The van der Waals surface area contributed by atoms with Crippen molar-refractivity contribution < 1.29 is 9.53 Å². The summed E-state index contributed by atoms with van der Waals surface area (Å²) in [6, 6.07) is 7.70. The average Bonchev–Trinajstić information content (AvgIpc) is 2.48. The molecule has 0 saturated heterocycles. The highest BCUT2D eigenvalue weighted by Crippen LogP contribution is 2.27. The number of carbonyl (C=O) groups excluding carboxylic acids is 1. The fourth-order valence-electron chi connectivity index (χ4n) is 1.64. The summed E-state index contributed by atoms with van der Waals surface area (Å²) in [6.07, 6.45) is 1.51. The molecule has 0 bridgehead atoms. The van der Waals surface area contributed by atoms with Crippen LogP contribution in [0.5, 0.6) is 5.75 Å². The van der Waals surface area contributed by atoms with Gasteiger partial charge >= 0.3 is 0 Å². The number of aromatic nitrogens is 2. The Labute approximate surface area is 136 Å². The molecule has 2 rings (SSSR count). The Morgan fingerprint density at radius 2 is 2.14 bits per heavy atom. The molecule has 0 spiro atoms. The lowest BCUT2D eigenvalue weighted by Gasteiger charge is -2.09. The third kappa shape index (κ3) is 4.75. The van der Waals surface area contributed by atoms with Crippen molar-refractivity contribution in [1.29, 1.82) is 0 Å². The highest BCUT2D eigenvalue weighted by molar-refractivity contribution is 6.35. The number of amides is 1. The second-order valence-electron chi connectivity index (χ2n) is 4.30. The minimum Gasteiger partial charge on any atom is -0.482 e. The Morgan fingerprint density at radius 1 is 1.32 bits per heavy atom. The number of hydrogen-bond acceptors (Lipinski definition) is 4. The molecule has 0 fully saturated rings. The van der Waals surface area contributed by atoms with Crippen LogP contribution in [0, 0.1) is 0 Å². The van der Waals surface area contributed by atoms with Crippen LogP contribution in [0.25, 0.3) is 0 Å². The first kappa shape index (κ1) is 16.3. The van der Waals surface area contributed by atoms with Crippen LogP contribution in [-0.4, -0.2) is 28.8 Å². The predicted octanol–water partition coefficient (Wildman–Crippen LogP) is 1.75. The Morgan fingerprint density at radius 3 is 2.86 bits per heavy atom. The maximum Gasteiger partial charge on any atom is 0.266 e. The monoisotopic (exact) mass is 341 g/mol. The maximum absolute atomic E-state index is 11.7. The van der Waals surface area contributed by atoms with Gasteiger partial charge in [-0.3, -0.25) is 9.59 Å². The van der Waals surface area contributed by atoms with Gasteiger partial charge < -0.3 is 10.1 Å². The summed E-state index contributed by atoms with van der Waals surface area (Å²) in [5.74, 6) is 0.0529. The maximum atomic E-state index is 11.7. The highest BCUT2D eigenvalue weighted by atomic mass is 35.5. The van der Waals surface area contributed by atoms with Gasteiger partial charge in [0, 0.05) is 23.8 Å². The number of rotatable bonds is 6. The van der Waals surface area contributed by atoms with Gasteiger partial charge in [-0.2, -0.15) is 5.10 Å². The molecule has 1 aromatic carbocycles. The Balaban J connectivity index is 1.76. The van der Waals surface area contributed by atoms with Crippen molar-refractivity contribution in [3.8, 4) is 5.75 Å². The second kappa shape index (κ2) is 7.82. The van der Waals surface area contributed by atoms with E-state index >= 15 is 0 Å². The average molecular weight is 342 g/mol. The Bertz CT molecular complexity index is 718. The zero-order valence-electron chi connectivity index (χ0n) is 11.5. The molecule has 2 aromatic rings. The topological polar surface area (TPSA) is 73.2 Å². The van der Waals surface area contributed by atoms with Crippen LogP contribution in [-0.2, 0) is 11.3 Å². The molecule has 0 unspecified atom stereocenters. The summed E-state index contributed by atoms with van der Waals surface area (Å²) >= 11 is 11.7. The normalized spacial score (nSPS) is 10.3. The third-order valence-corrected chi connectivity index (χ3v) is 3.21. The van der Waals surface area contributed by atoms with E-state index in [4.69, 9.17) is 27.9 Å². The summed E-state index contributed by atoms with van der Waals surface area (Å²) in [5, 5.41) is 7.33. The van der Waals surface area contributed by atoms with Crippen LogP contribution in [0.4, 0.5) is 0 Å². The molecule has 0 aliphatic rings. The van der Waals surface area contributed by atoms with Crippen molar-refractivity contribution in [2.24, 2.45) is 0 Å². The number of hydrogen-bond donors (Lipinski definition) is 1. The minimum atomic E-state index is -0.324. The molecule has 22 heavy (non-hydrogen) atoms. The van der Waals surface area contributed by atoms with E-state index in [2.05, 4.69) is 10.4 Å². The minimum absolute atomic E-state index is 0.182. The molecular formula is C14H13Cl2N3O3. The van der Waals surface area contributed by atoms with E-state index in [1.165, 1.54) is 23.0 Å². The molecular weight excluding hydrogens is 329 g/mol. The SMILES string of the molecule is O=C(COc1ccc(Cl)cc1Cl)NCCn1ncccc1=O. The van der Waals surface area contributed by atoms with Crippen molar-refractivity contribution in [2.75, 3.05) is 13.2 Å². The van der Waals surface area contributed by atoms with E-state index in [9.17, 15) is 9.59 Å². The van der Waals surface area contributed by atoms with Crippen molar-refractivity contribution in [2.45, 2.75) is 6.54 Å². The van der Waals surface area contributed by atoms with Gasteiger partial charge in [0.15, 0.2) is 6.61 Å². The van der Waals surface area contributed by atoms with Crippen molar-refractivity contribution in [1.82, 2.24) is 15.1 Å². The van der Waals surface area contributed by atoms with Gasteiger partial charge in [0.05, 0.1) is 11.6 Å². The first-order chi connectivity index (χ1) is 10.6. The fourth-order valence-corrected chi connectivity index (χ4v) is 2.11. The number of nitrogens with one attached hydrogen (secondary N) is 1. The number of carbonyl (C=O) groups is 1. The molecule has 6 nitrogen and oxygen atoms in total. The first-order valence-corrected chi connectivity index (χ1v) is 7.18. The van der Waals surface area contributed by atoms with E-state index in [-0.39, 0.29) is 31.2 Å². The Kier molecular flexibility index (Phi) is 5.80. The van der Waals surface area contributed by atoms with Gasteiger partial charge in [0.1, 0.15) is 5.75 Å². The molecule has 0 atom stereocenters. The van der Waals surface area contributed by atoms with Gasteiger partial charge in [-0.1, -0.05) is 23.2 Å². The van der Waals surface area contributed by atoms with Gasteiger partial charge in [-0.25, -0.2) is 4.68 Å². The van der Waals surface area contributed by atoms with Gasteiger partial charge in [0.2, 0.25) is 0 Å². The number of nitrogens with zero attached hydrogens (tertiary/aromatic N) is 2. The van der Waals surface area contributed by atoms with E-state index in [1.807, 2.05) is 0 Å². The zero-order chi connectivity index (χ0) is 15.9. The Hall–Kier alpha value is -2.05. The van der Waals surface area contributed by atoms with Gasteiger partial charge in [-0.05, 0) is 24.3 Å². The van der Waals surface area contributed by atoms with Crippen LogP contribution >= 0.6 is 23.2 Å². The van der Waals surface area contributed by atoms with Gasteiger partial charge in [-0.15, -0.1) is 0 Å². The van der Waals surface area contributed by atoms with Gasteiger partial charge in [0.25, 0.3) is 11.5 Å². The first-order valence-electron chi connectivity index (χ1n) is 6.43. The molecule has 116 valence electrons. The lowest BCUT2D eigenvalue weighted by Crippen LogP contribution is -2.34. The number of benzene rings is 1. The van der Waals surface area contributed by atoms with E-state index in [1.54, 1.807) is 18.2 Å². The lowest BCUT2D eigenvalue weighted by atomic mass is 10.3. The molecule has 0 aliphatic carbocycles. The summed E-state index contributed by atoms with van der Waals surface area (Å²) in [5.41, 5.74) is -0.221. The molecule has 1 amide bonds. The molecule has 1 N–H and O–H groups in total. The molecule has 0 saturated carbocycles. The van der Waals surface area contributed by atoms with Crippen LogP contribution in [0.15, 0.2) is 41.3 Å². The number of halogens is 2. The largest absolute Gasteiger partial charge is 0.482 e.